The minimum atomic E-state index is -0.170. The summed E-state index contributed by atoms with van der Waals surface area (Å²) in [4.78, 5) is 10.7. The predicted octanol–water partition coefficient (Wildman–Crippen LogP) is 1.60. The maximum absolute atomic E-state index is 10.7. The van der Waals surface area contributed by atoms with Crippen molar-refractivity contribution in [2.45, 2.75) is 33.8 Å². The molecule has 0 saturated carbocycles. The van der Waals surface area contributed by atoms with Gasteiger partial charge in [-0.15, -0.1) is 0 Å². The zero-order valence-electron chi connectivity index (χ0n) is 7.97. The first-order chi connectivity index (χ1) is 5.40. The Morgan fingerprint density at radius 2 is 2.00 bits per heavy atom. The van der Waals surface area contributed by atoms with Gasteiger partial charge < -0.3 is 4.74 Å². The summed E-state index contributed by atoms with van der Waals surface area (Å²) in [6, 6.07) is 0. The standard InChI is InChI=1S/C10H14O2/c1-7-8(12-9(7)11)5-6-10(2,3)4/h7-8H,1-4H3/t7-,8-/m1/s1. The van der Waals surface area contributed by atoms with Crippen LogP contribution >= 0.6 is 0 Å². The topological polar surface area (TPSA) is 26.3 Å². The molecule has 0 bridgehead atoms. The largest absolute Gasteiger partial charge is 0.448 e. The van der Waals surface area contributed by atoms with E-state index in [9.17, 15) is 4.79 Å². The molecule has 0 aromatic rings. The molecular weight excluding hydrogens is 152 g/mol. The Bertz CT molecular complexity index is 249. The monoisotopic (exact) mass is 166 g/mol. The average molecular weight is 166 g/mol. The van der Waals surface area contributed by atoms with Crippen LogP contribution in [0.25, 0.3) is 0 Å². The van der Waals surface area contributed by atoms with E-state index in [4.69, 9.17) is 4.74 Å². The fourth-order valence-corrected chi connectivity index (χ4v) is 0.828. The zero-order valence-corrected chi connectivity index (χ0v) is 7.97. The van der Waals surface area contributed by atoms with E-state index in [1.165, 1.54) is 0 Å². The Balaban J connectivity index is 2.52. The molecule has 0 radical (unpaired) electrons. The highest BCUT2D eigenvalue weighted by Gasteiger charge is 2.37. The fourth-order valence-electron chi connectivity index (χ4n) is 0.828. The van der Waals surface area contributed by atoms with Gasteiger partial charge in [0.2, 0.25) is 0 Å². The van der Waals surface area contributed by atoms with E-state index in [-0.39, 0.29) is 23.4 Å². The van der Waals surface area contributed by atoms with Gasteiger partial charge in [-0.3, -0.25) is 4.79 Å². The molecule has 12 heavy (non-hydrogen) atoms. The van der Waals surface area contributed by atoms with Gasteiger partial charge in [-0.1, -0.05) is 11.8 Å². The number of hydrogen-bond donors (Lipinski definition) is 0. The second kappa shape index (κ2) is 2.82. The summed E-state index contributed by atoms with van der Waals surface area (Å²) in [5, 5.41) is 0. The third-order valence-electron chi connectivity index (χ3n) is 1.66. The van der Waals surface area contributed by atoms with E-state index in [0.717, 1.165) is 0 Å². The van der Waals surface area contributed by atoms with Gasteiger partial charge in [0.25, 0.3) is 0 Å². The van der Waals surface area contributed by atoms with Gasteiger partial charge in [-0.05, 0) is 27.7 Å². The number of hydrogen-bond acceptors (Lipinski definition) is 2. The van der Waals surface area contributed by atoms with Crippen LogP contribution in [0.1, 0.15) is 27.7 Å². The van der Waals surface area contributed by atoms with Gasteiger partial charge in [-0.2, -0.15) is 0 Å². The molecular formula is C10H14O2. The van der Waals surface area contributed by atoms with Crippen molar-refractivity contribution in [2.75, 3.05) is 0 Å². The Labute approximate surface area is 73.3 Å². The van der Waals surface area contributed by atoms with Crippen molar-refractivity contribution in [3.8, 4) is 11.8 Å². The molecule has 0 unspecified atom stereocenters. The molecule has 2 atom stereocenters. The average Bonchev–Trinajstić information content (AvgIpc) is 1.95. The second-order valence-electron chi connectivity index (χ2n) is 4.17. The molecule has 1 aliphatic heterocycles. The van der Waals surface area contributed by atoms with Crippen molar-refractivity contribution in [1.82, 2.24) is 0 Å². The number of rotatable bonds is 0. The van der Waals surface area contributed by atoms with Crippen LogP contribution in [0.5, 0.6) is 0 Å². The molecule has 0 aromatic heterocycles. The van der Waals surface area contributed by atoms with Gasteiger partial charge in [0.15, 0.2) is 6.10 Å². The smallest absolute Gasteiger partial charge is 0.314 e. The SMILES string of the molecule is C[C@H]1C(=O)O[C@@H]1C#CC(C)(C)C. The quantitative estimate of drug-likeness (QED) is 0.403. The third kappa shape index (κ3) is 2.01. The number of carbonyl (C=O) groups is 1. The Hall–Kier alpha value is -0.970. The van der Waals surface area contributed by atoms with Crippen LogP contribution < -0.4 is 0 Å². The van der Waals surface area contributed by atoms with Crippen molar-refractivity contribution in [1.29, 1.82) is 0 Å². The summed E-state index contributed by atoms with van der Waals surface area (Å²) in [7, 11) is 0. The maximum atomic E-state index is 10.7. The molecule has 1 saturated heterocycles. The molecule has 2 nitrogen and oxygen atoms in total. The molecule has 0 amide bonds. The van der Waals surface area contributed by atoms with Crippen molar-refractivity contribution < 1.29 is 9.53 Å². The highest BCUT2D eigenvalue weighted by Crippen LogP contribution is 2.21. The van der Waals surface area contributed by atoms with Crippen LogP contribution in [0.15, 0.2) is 0 Å². The molecule has 66 valence electrons. The maximum Gasteiger partial charge on any atom is 0.314 e. The predicted molar refractivity (Wildman–Crippen MR) is 46.3 cm³/mol. The zero-order chi connectivity index (χ0) is 9.35. The first kappa shape index (κ1) is 9.12. The minimum absolute atomic E-state index is 0.0122. The van der Waals surface area contributed by atoms with Crippen LogP contribution in [0, 0.1) is 23.2 Å². The number of ether oxygens (including phenoxy) is 1. The summed E-state index contributed by atoms with van der Waals surface area (Å²) in [5.41, 5.74) is -0.0122. The molecule has 0 aromatic carbocycles. The fraction of sp³-hybridized carbons (Fsp3) is 0.700. The van der Waals surface area contributed by atoms with E-state index in [2.05, 4.69) is 11.8 Å². The lowest BCUT2D eigenvalue weighted by Crippen LogP contribution is -2.42. The summed E-state index contributed by atoms with van der Waals surface area (Å²) < 4.78 is 4.83. The minimum Gasteiger partial charge on any atom is -0.448 e. The summed E-state index contributed by atoms with van der Waals surface area (Å²) in [6.45, 7) is 7.94. The summed E-state index contributed by atoms with van der Waals surface area (Å²) in [5.74, 6) is 5.82. The van der Waals surface area contributed by atoms with Gasteiger partial charge in [0.1, 0.15) is 5.92 Å². The molecule has 1 heterocycles. The molecule has 0 aliphatic carbocycles. The molecule has 2 heteroatoms. The lowest BCUT2D eigenvalue weighted by molar-refractivity contribution is -0.175. The lowest BCUT2D eigenvalue weighted by atomic mass is 9.94. The summed E-state index contributed by atoms with van der Waals surface area (Å²) >= 11 is 0. The van der Waals surface area contributed by atoms with E-state index >= 15 is 0 Å². The number of esters is 1. The Morgan fingerprint density at radius 1 is 1.42 bits per heavy atom. The Kier molecular flexibility index (Phi) is 2.14. The van der Waals surface area contributed by atoms with E-state index in [1.54, 1.807) is 0 Å². The molecule has 0 N–H and O–H groups in total. The van der Waals surface area contributed by atoms with Crippen molar-refractivity contribution in [3.63, 3.8) is 0 Å². The van der Waals surface area contributed by atoms with Crippen molar-refractivity contribution in [3.05, 3.63) is 0 Å². The van der Waals surface area contributed by atoms with Gasteiger partial charge in [-0.25, -0.2) is 0 Å². The second-order valence-corrected chi connectivity index (χ2v) is 4.17. The van der Waals surface area contributed by atoms with Crippen LogP contribution in [-0.2, 0) is 9.53 Å². The first-order valence-corrected chi connectivity index (χ1v) is 4.13. The molecule has 1 rings (SSSR count). The Morgan fingerprint density at radius 3 is 2.33 bits per heavy atom. The van der Waals surface area contributed by atoms with E-state index in [0.29, 0.717) is 0 Å². The summed E-state index contributed by atoms with van der Waals surface area (Å²) in [6.07, 6.45) is -0.170. The molecule has 1 aliphatic rings. The normalized spacial score (nSPS) is 28.2. The van der Waals surface area contributed by atoms with Gasteiger partial charge in [0.05, 0.1) is 0 Å². The first-order valence-electron chi connectivity index (χ1n) is 4.13. The molecule has 1 fully saturated rings. The van der Waals surface area contributed by atoms with Crippen LogP contribution in [0.3, 0.4) is 0 Å². The van der Waals surface area contributed by atoms with Crippen LogP contribution in [-0.4, -0.2) is 12.1 Å². The number of cyclic esters (lactones) is 1. The van der Waals surface area contributed by atoms with Gasteiger partial charge >= 0.3 is 5.97 Å². The van der Waals surface area contributed by atoms with Gasteiger partial charge in [0, 0.05) is 5.41 Å². The van der Waals surface area contributed by atoms with Crippen LogP contribution in [0.2, 0.25) is 0 Å². The third-order valence-corrected chi connectivity index (χ3v) is 1.66. The van der Waals surface area contributed by atoms with E-state index < -0.39 is 0 Å². The van der Waals surface area contributed by atoms with Crippen molar-refractivity contribution in [2.24, 2.45) is 11.3 Å². The highest BCUT2D eigenvalue weighted by molar-refractivity contribution is 5.79. The van der Waals surface area contributed by atoms with E-state index in [1.807, 2.05) is 27.7 Å². The van der Waals surface area contributed by atoms with Crippen LogP contribution in [0.4, 0.5) is 0 Å². The number of carbonyl (C=O) groups excluding carboxylic acids is 1. The molecule has 0 spiro atoms. The lowest BCUT2D eigenvalue weighted by Gasteiger charge is -2.28. The highest BCUT2D eigenvalue weighted by atomic mass is 16.6. The van der Waals surface area contributed by atoms with Crippen molar-refractivity contribution >= 4 is 5.97 Å².